The first-order chi connectivity index (χ1) is 12.2. The van der Waals surface area contributed by atoms with Crippen LogP contribution < -0.4 is 0 Å². The van der Waals surface area contributed by atoms with Crippen LogP contribution in [0.4, 0.5) is 0 Å². The molecule has 0 nitrogen and oxygen atoms in total. The predicted molar refractivity (Wildman–Crippen MR) is 113 cm³/mol. The van der Waals surface area contributed by atoms with E-state index in [1.165, 1.54) is 11.1 Å². The van der Waals surface area contributed by atoms with Crippen molar-refractivity contribution in [3.8, 4) is 0 Å². The lowest BCUT2D eigenvalue weighted by atomic mass is 9.96. The molecule has 25 heavy (non-hydrogen) atoms. The zero-order valence-electron chi connectivity index (χ0n) is 13.6. The van der Waals surface area contributed by atoms with Gasteiger partial charge in [-0.1, -0.05) is 119 Å². The molecule has 0 heterocycles. The Hall–Kier alpha value is -2.09. The van der Waals surface area contributed by atoms with Crippen LogP contribution in [0.2, 0.25) is 5.02 Å². The van der Waals surface area contributed by atoms with E-state index >= 15 is 0 Å². The third-order valence-corrected chi connectivity index (χ3v) is 4.90. The van der Waals surface area contributed by atoms with Crippen molar-refractivity contribution in [2.75, 3.05) is 0 Å². The van der Waals surface area contributed by atoms with Crippen LogP contribution in [-0.4, -0.2) is 0 Å². The summed E-state index contributed by atoms with van der Waals surface area (Å²) in [7, 11) is 0. The quantitative estimate of drug-likeness (QED) is 0.407. The van der Waals surface area contributed by atoms with Gasteiger partial charge in [0.15, 0.2) is 0 Å². The fourth-order valence-electron chi connectivity index (χ4n) is 2.58. The fourth-order valence-corrected chi connectivity index (χ4v) is 3.26. The van der Waals surface area contributed by atoms with Gasteiger partial charge in [0.2, 0.25) is 0 Å². The minimum Gasteiger partial charge on any atom is -0.0843 e. The smallest absolute Gasteiger partial charge is 0.0406 e. The van der Waals surface area contributed by atoms with Gasteiger partial charge in [-0.25, -0.2) is 0 Å². The molecule has 0 aliphatic heterocycles. The Morgan fingerprint density at radius 2 is 1.40 bits per heavy atom. The van der Waals surface area contributed by atoms with Crippen molar-refractivity contribution in [1.82, 2.24) is 0 Å². The van der Waals surface area contributed by atoms with Crippen LogP contribution in [0.3, 0.4) is 0 Å². The molecule has 1 atom stereocenters. The molecule has 0 aromatic heterocycles. The molecular weight excluding hydrogens is 392 g/mol. The molecule has 0 aliphatic rings. The van der Waals surface area contributed by atoms with Crippen LogP contribution in [0.15, 0.2) is 97.1 Å². The summed E-state index contributed by atoms with van der Waals surface area (Å²) in [6, 6.07) is 28.7. The van der Waals surface area contributed by atoms with Gasteiger partial charge in [0.05, 0.1) is 0 Å². The van der Waals surface area contributed by atoms with Crippen molar-refractivity contribution in [3.63, 3.8) is 0 Å². The summed E-state index contributed by atoms with van der Waals surface area (Å²) in [4.78, 5) is 0. The number of hydrogen-bond donors (Lipinski definition) is 0. The van der Waals surface area contributed by atoms with E-state index in [1.54, 1.807) is 0 Å². The molecule has 3 aromatic carbocycles. The van der Waals surface area contributed by atoms with Gasteiger partial charge >= 0.3 is 0 Å². The summed E-state index contributed by atoms with van der Waals surface area (Å²) in [5.74, 6) is 0.173. The van der Waals surface area contributed by atoms with E-state index in [-0.39, 0.29) is 5.92 Å². The van der Waals surface area contributed by atoms with Crippen molar-refractivity contribution in [3.05, 3.63) is 119 Å². The Balaban J connectivity index is 1.92. The number of halogens is 2. The minimum absolute atomic E-state index is 0.173. The molecule has 0 amide bonds. The molecule has 0 saturated heterocycles. The maximum atomic E-state index is 5.99. The van der Waals surface area contributed by atoms with Crippen molar-refractivity contribution in [1.29, 1.82) is 0 Å². The molecule has 124 valence electrons. The molecular formula is C23H18BrCl. The Morgan fingerprint density at radius 1 is 0.800 bits per heavy atom. The summed E-state index contributed by atoms with van der Waals surface area (Å²) in [5.41, 5.74) is 3.55. The van der Waals surface area contributed by atoms with Gasteiger partial charge in [-0.15, -0.1) is 0 Å². The predicted octanol–water partition coefficient (Wildman–Crippen LogP) is 7.57. The fraction of sp³-hybridized carbons (Fsp3) is 0.0435. The molecule has 3 rings (SSSR count). The topological polar surface area (TPSA) is 0 Å². The molecule has 1 unspecified atom stereocenters. The highest BCUT2D eigenvalue weighted by Crippen LogP contribution is 2.29. The molecule has 0 N–H and O–H groups in total. The first kappa shape index (κ1) is 17.7. The summed E-state index contributed by atoms with van der Waals surface area (Å²) in [6.07, 6.45) is 6.61. The third-order valence-electron chi connectivity index (χ3n) is 3.93. The molecule has 0 radical (unpaired) electrons. The summed E-state index contributed by atoms with van der Waals surface area (Å²) < 4.78 is 1.05. The van der Waals surface area contributed by atoms with Gasteiger partial charge in [0.1, 0.15) is 0 Å². The second-order valence-corrected chi connectivity index (χ2v) is 7.02. The first-order valence-electron chi connectivity index (χ1n) is 8.14. The zero-order valence-corrected chi connectivity index (χ0v) is 16.0. The van der Waals surface area contributed by atoms with Gasteiger partial charge in [-0.3, -0.25) is 0 Å². The Bertz CT molecular complexity index is 850. The average Bonchev–Trinajstić information content (AvgIpc) is 2.67. The molecule has 0 spiro atoms. The van der Waals surface area contributed by atoms with E-state index in [0.717, 1.165) is 15.1 Å². The highest BCUT2D eigenvalue weighted by Gasteiger charge is 2.07. The lowest BCUT2D eigenvalue weighted by molar-refractivity contribution is 1.09. The SMILES string of the molecule is Clc1ccc(/C(Br)=C\C(/C=C/c2ccccc2)c2ccccc2)cc1. The number of allylic oxidation sites excluding steroid dienone is 2. The third kappa shape index (κ3) is 5.19. The Labute approximate surface area is 162 Å². The van der Waals surface area contributed by atoms with Crippen molar-refractivity contribution < 1.29 is 0 Å². The normalized spacial score (nSPS) is 13.1. The lowest BCUT2D eigenvalue weighted by Gasteiger charge is -2.11. The summed E-state index contributed by atoms with van der Waals surface area (Å²) >= 11 is 9.71. The molecule has 0 bridgehead atoms. The number of benzene rings is 3. The summed E-state index contributed by atoms with van der Waals surface area (Å²) in [5, 5.41) is 0.743. The van der Waals surface area contributed by atoms with E-state index in [1.807, 2.05) is 36.4 Å². The highest BCUT2D eigenvalue weighted by atomic mass is 79.9. The molecule has 0 saturated carbocycles. The molecule has 0 fully saturated rings. The first-order valence-corrected chi connectivity index (χ1v) is 9.31. The van der Waals surface area contributed by atoms with E-state index < -0.39 is 0 Å². The Morgan fingerprint density at radius 3 is 2.04 bits per heavy atom. The van der Waals surface area contributed by atoms with Crippen molar-refractivity contribution >= 4 is 38.1 Å². The molecule has 2 heteroatoms. The van der Waals surface area contributed by atoms with E-state index in [0.29, 0.717) is 0 Å². The maximum Gasteiger partial charge on any atom is 0.0406 e. The summed E-state index contributed by atoms with van der Waals surface area (Å²) in [6.45, 7) is 0. The number of hydrogen-bond acceptors (Lipinski definition) is 0. The van der Waals surface area contributed by atoms with E-state index in [4.69, 9.17) is 11.6 Å². The van der Waals surface area contributed by atoms with E-state index in [9.17, 15) is 0 Å². The molecule has 3 aromatic rings. The van der Waals surface area contributed by atoms with Gasteiger partial charge in [0.25, 0.3) is 0 Å². The Kier molecular flexibility index (Phi) is 6.27. The van der Waals surface area contributed by atoms with Crippen LogP contribution >= 0.6 is 27.5 Å². The van der Waals surface area contributed by atoms with Gasteiger partial charge in [-0.05, 0) is 28.8 Å². The van der Waals surface area contributed by atoms with Crippen LogP contribution in [0.25, 0.3) is 10.6 Å². The van der Waals surface area contributed by atoms with Crippen molar-refractivity contribution in [2.45, 2.75) is 5.92 Å². The van der Waals surface area contributed by atoms with Crippen molar-refractivity contribution in [2.24, 2.45) is 0 Å². The largest absolute Gasteiger partial charge is 0.0843 e. The monoisotopic (exact) mass is 408 g/mol. The van der Waals surface area contributed by atoms with Gasteiger partial charge in [-0.2, -0.15) is 0 Å². The van der Waals surface area contributed by atoms with Crippen LogP contribution in [0, 0.1) is 0 Å². The standard InChI is InChI=1S/C23H18BrCl/c24-23(20-13-15-22(25)16-14-20)17-21(19-9-5-2-6-10-19)12-11-18-7-3-1-4-8-18/h1-17,21H/b12-11+,23-17+. The lowest BCUT2D eigenvalue weighted by Crippen LogP contribution is -1.92. The van der Waals surface area contributed by atoms with Crippen LogP contribution in [-0.2, 0) is 0 Å². The van der Waals surface area contributed by atoms with Crippen LogP contribution in [0.1, 0.15) is 22.6 Å². The zero-order chi connectivity index (χ0) is 17.5. The van der Waals surface area contributed by atoms with Crippen LogP contribution in [0.5, 0.6) is 0 Å². The minimum atomic E-state index is 0.173. The van der Waals surface area contributed by atoms with Gasteiger partial charge < -0.3 is 0 Å². The maximum absolute atomic E-state index is 5.99. The number of rotatable bonds is 5. The second kappa shape index (κ2) is 8.84. The van der Waals surface area contributed by atoms with Gasteiger partial charge in [0, 0.05) is 15.4 Å². The highest BCUT2D eigenvalue weighted by molar-refractivity contribution is 9.15. The second-order valence-electron chi connectivity index (χ2n) is 5.73. The molecule has 0 aliphatic carbocycles. The van der Waals surface area contributed by atoms with E-state index in [2.05, 4.69) is 82.7 Å². The average molecular weight is 410 g/mol.